The molecule has 1 atom stereocenters. The predicted molar refractivity (Wildman–Crippen MR) is 71.0 cm³/mol. The molecule has 2 nitrogen and oxygen atoms in total. The van der Waals surface area contributed by atoms with E-state index in [2.05, 4.69) is 46.4 Å². The van der Waals surface area contributed by atoms with Gasteiger partial charge in [-0.25, -0.2) is 0 Å². The number of hydrogen-bond donors (Lipinski definition) is 1. The van der Waals surface area contributed by atoms with E-state index < -0.39 is 0 Å². The second kappa shape index (κ2) is 5.69. The fourth-order valence-electron chi connectivity index (χ4n) is 2.03. The zero-order valence-electron chi connectivity index (χ0n) is 9.63. The maximum Gasteiger partial charge on any atom is 0.0485 e. The minimum absolute atomic E-state index is 0.551. The van der Waals surface area contributed by atoms with Crippen LogP contribution in [-0.2, 0) is 4.74 Å². The molecule has 1 unspecified atom stereocenters. The third kappa shape index (κ3) is 2.98. The second-order valence-corrected chi connectivity index (χ2v) is 5.15. The van der Waals surface area contributed by atoms with E-state index >= 15 is 0 Å². The van der Waals surface area contributed by atoms with E-state index in [1.54, 1.807) is 0 Å². The largest absolute Gasteiger partial charge is 0.382 e. The summed E-state index contributed by atoms with van der Waals surface area (Å²) in [7, 11) is 0. The molecule has 0 aliphatic carbocycles. The van der Waals surface area contributed by atoms with E-state index in [0.29, 0.717) is 6.04 Å². The molecule has 3 heteroatoms. The summed E-state index contributed by atoms with van der Waals surface area (Å²) in [5, 5.41) is 3.62. The Morgan fingerprint density at radius 1 is 1.31 bits per heavy atom. The second-order valence-electron chi connectivity index (χ2n) is 4.30. The smallest absolute Gasteiger partial charge is 0.0485 e. The molecule has 1 aliphatic heterocycles. The SMILES string of the molecule is Cc1c(Br)cccc1NC1CCCOCC1. The van der Waals surface area contributed by atoms with Crippen LogP contribution in [0.3, 0.4) is 0 Å². The van der Waals surface area contributed by atoms with Gasteiger partial charge in [0.2, 0.25) is 0 Å². The van der Waals surface area contributed by atoms with Crippen LogP contribution in [0.1, 0.15) is 24.8 Å². The molecule has 1 aromatic rings. The molecule has 1 fully saturated rings. The molecule has 88 valence electrons. The van der Waals surface area contributed by atoms with Gasteiger partial charge < -0.3 is 10.1 Å². The third-order valence-corrected chi connectivity index (χ3v) is 3.94. The molecule has 0 spiro atoms. The highest BCUT2D eigenvalue weighted by Crippen LogP contribution is 2.25. The number of anilines is 1. The number of rotatable bonds is 2. The van der Waals surface area contributed by atoms with Crippen LogP contribution in [0.4, 0.5) is 5.69 Å². The van der Waals surface area contributed by atoms with Gasteiger partial charge in [-0.2, -0.15) is 0 Å². The van der Waals surface area contributed by atoms with E-state index in [-0.39, 0.29) is 0 Å². The molecule has 1 N–H and O–H groups in total. The summed E-state index contributed by atoms with van der Waals surface area (Å²) in [5.41, 5.74) is 2.52. The number of ether oxygens (including phenoxy) is 1. The van der Waals surface area contributed by atoms with Gasteiger partial charge in [0.25, 0.3) is 0 Å². The molecular weight excluding hydrogens is 266 g/mol. The van der Waals surface area contributed by atoms with Crippen molar-refractivity contribution in [3.8, 4) is 0 Å². The van der Waals surface area contributed by atoms with Gasteiger partial charge in [-0.3, -0.25) is 0 Å². The number of nitrogens with one attached hydrogen (secondary N) is 1. The molecule has 1 saturated heterocycles. The van der Waals surface area contributed by atoms with Crippen molar-refractivity contribution < 1.29 is 4.74 Å². The first-order valence-electron chi connectivity index (χ1n) is 5.87. The first-order valence-corrected chi connectivity index (χ1v) is 6.66. The van der Waals surface area contributed by atoms with Crippen molar-refractivity contribution in [3.05, 3.63) is 28.2 Å². The summed E-state index contributed by atoms with van der Waals surface area (Å²) < 4.78 is 6.64. The monoisotopic (exact) mass is 283 g/mol. The Bertz CT molecular complexity index is 346. The zero-order chi connectivity index (χ0) is 11.4. The average molecular weight is 284 g/mol. The Labute approximate surface area is 106 Å². The minimum atomic E-state index is 0.551. The van der Waals surface area contributed by atoms with Gasteiger partial charge in [-0.05, 0) is 43.9 Å². The summed E-state index contributed by atoms with van der Waals surface area (Å²) in [6.45, 7) is 3.93. The van der Waals surface area contributed by atoms with Crippen molar-refractivity contribution in [3.63, 3.8) is 0 Å². The van der Waals surface area contributed by atoms with Crippen molar-refractivity contribution >= 4 is 21.6 Å². The van der Waals surface area contributed by atoms with Gasteiger partial charge in [-0.15, -0.1) is 0 Å². The van der Waals surface area contributed by atoms with Crippen LogP contribution >= 0.6 is 15.9 Å². The molecule has 1 heterocycles. The van der Waals surface area contributed by atoms with Crippen molar-refractivity contribution in [2.75, 3.05) is 18.5 Å². The van der Waals surface area contributed by atoms with Gasteiger partial charge in [0.15, 0.2) is 0 Å². The van der Waals surface area contributed by atoms with Gasteiger partial charge in [0, 0.05) is 29.4 Å². The number of benzene rings is 1. The fourth-order valence-corrected chi connectivity index (χ4v) is 2.40. The Morgan fingerprint density at radius 2 is 2.19 bits per heavy atom. The Hall–Kier alpha value is -0.540. The van der Waals surface area contributed by atoms with Crippen LogP contribution in [0.15, 0.2) is 22.7 Å². The summed E-state index contributed by atoms with van der Waals surface area (Å²) in [4.78, 5) is 0. The lowest BCUT2D eigenvalue weighted by Crippen LogP contribution is -2.20. The Morgan fingerprint density at radius 3 is 3.06 bits per heavy atom. The molecule has 0 radical (unpaired) electrons. The lowest BCUT2D eigenvalue weighted by molar-refractivity contribution is 0.144. The quantitative estimate of drug-likeness (QED) is 0.893. The highest BCUT2D eigenvalue weighted by Gasteiger charge is 2.13. The normalized spacial score (nSPS) is 21.5. The highest BCUT2D eigenvalue weighted by atomic mass is 79.9. The molecule has 0 saturated carbocycles. The van der Waals surface area contributed by atoms with Crippen molar-refractivity contribution in [2.45, 2.75) is 32.2 Å². The Balaban J connectivity index is 2.04. The number of halogens is 1. The summed E-state index contributed by atoms with van der Waals surface area (Å²) in [6, 6.07) is 6.85. The van der Waals surface area contributed by atoms with Gasteiger partial charge in [-0.1, -0.05) is 22.0 Å². The van der Waals surface area contributed by atoms with Crippen molar-refractivity contribution in [2.24, 2.45) is 0 Å². The van der Waals surface area contributed by atoms with Crippen molar-refractivity contribution in [1.82, 2.24) is 0 Å². The van der Waals surface area contributed by atoms with Gasteiger partial charge in [0.05, 0.1) is 0 Å². The fraction of sp³-hybridized carbons (Fsp3) is 0.538. The summed E-state index contributed by atoms with van der Waals surface area (Å²) in [6.07, 6.45) is 3.46. The van der Waals surface area contributed by atoms with Crippen LogP contribution in [0, 0.1) is 6.92 Å². The molecule has 0 aromatic heterocycles. The zero-order valence-corrected chi connectivity index (χ0v) is 11.2. The highest BCUT2D eigenvalue weighted by molar-refractivity contribution is 9.10. The van der Waals surface area contributed by atoms with Crippen LogP contribution in [0.2, 0.25) is 0 Å². The van der Waals surface area contributed by atoms with Crippen LogP contribution < -0.4 is 5.32 Å². The average Bonchev–Trinajstić information content (AvgIpc) is 2.53. The van der Waals surface area contributed by atoms with E-state index in [1.807, 2.05) is 0 Å². The van der Waals surface area contributed by atoms with Crippen LogP contribution in [0.25, 0.3) is 0 Å². The van der Waals surface area contributed by atoms with E-state index in [1.165, 1.54) is 22.1 Å². The topological polar surface area (TPSA) is 21.3 Å². The molecule has 1 aromatic carbocycles. The standard InChI is InChI=1S/C13H18BrNO/c1-10-12(14)5-2-6-13(10)15-11-4-3-8-16-9-7-11/h2,5-6,11,15H,3-4,7-9H2,1H3. The van der Waals surface area contributed by atoms with E-state index in [0.717, 1.165) is 26.1 Å². The third-order valence-electron chi connectivity index (χ3n) is 3.08. The maximum absolute atomic E-state index is 5.47. The van der Waals surface area contributed by atoms with E-state index in [9.17, 15) is 0 Å². The van der Waals surface area contributed by atoms with Gasteiger partial charge >= 0.3 is 0 Å². The first-order chi connectivity index (χ1) is 7.77. The lowest BCUT2D eigenvalue weighted by atomic mass is 10.1. The molecular formula is C13H18BrNO. The predicted octanol–water partition coefficient (Wildman–Crippen LogP) is 3.74. The lowest BCUT2D eigenvalue weighted by Gasteiger charge is -2.19. The van der Waals surface area contributed by atoms with Crippen LogP contribution in [-0.4, -0.2) is 19.3 Å². The van der Waals surface area contributed by atoms with Crippen LogP contribution in [0.5, 0.6) is 0 Å². The molecule has 1 aliphatic rings. The molecule has 0 bridgehead atoms. The first kappa shape index (κ1) is 11.9. The number of hydrogen-bond acceptors (Lipinski definition) is 2. The molecule has 16 heavy (non-hydrogen) atoms. The maximum atomic E-state index is 5.47. The van der Waals surface area contributed by atoms with Crippen molar-refractivity contribution in [1.29, 1.82) is 0 Å². The minimum Gasteiger partial charge on any atom is -0.382 e. The molecule has 0 amide bonds. The van der Waals surface area contributed by atoms with Gasteiger partial charge in [0.1, 0.15) is 0 Å². The Kier molecular flexibility index (Phi) is 4.24. The summed E-state index contributed by atoms with van der Waals surface area (Å²) in [5.74, 6) is 0. The van der Waals surface area contributed by atoms with E-state index in [4.69, 9.17) is 4.74 Å². The molecule has 2 rings (SSSR count). The summed E-state index contributed by atoms with van der Waals surface area (Å²) >= 11 is 3.56.